The van der Waals surface area contributed by atoms with Crippen molar-refractivity contribution < 1.29 is 14.7 Å². The fourth-order valence-electron chi connectivity index (χ4n) is 2.41. The summed E-state index contributed by atoms with van der Waals surface area (Å²) >= 11 is 5.91. The summed E-state index contributed by atoms with van der Waals surface area (Å²) in [6.07, 6.45) is 2.09. The Balaban J connectivity index is 2.02. The standard InChI is InChI=1S/C16H17ClN4O3/c17-13-7-12(1-2-14(13)19)20-9-11(8-18)15(22)21-5-3-10(4-6-21)16(23)24/h1-2,7,9-10,20H,3-6,19H2,(H,23,24)/b11-9-. The maximum absolute atomic E-state index is 12.3. The van der Waals surface area contributed by atoms with Gasteiger partial charge in [0.05, 0.1) is 16.6 Å². The summed E-state index contributed by atoms with van der Waals surface area (Å²) < 4.78 is 0. The van der Waals surface area contributed by atoms with Crippen LogP contribution in [0.2, 0.25) is 5.02 Å². The lowest BCUT2D eigenvalue weighted by atomic mass is 9.97. The normalized spacial score (nSPS) is 15.7. The number of carbonyl (C=O) groups excluding carboxylic acids is 1. The van der Waals surface area contributed by atoms with Gasteiger partial charge in [0.15, 0.2) is 0 Å². The van der Waals surface area contributed by atoms with Crippen LogP contribution in [0.1, 0.15) is 12.8 Å². The third kappa shape index (κ3) is 4.18. The lowest BCUT2D eigenvalue weighted by Crippen LogP contribution is -2.40. The second kappa shape index (κ2) is 7.70. The summed E-state index contributed by atoms with van der Waals surface area (Å²) in [5, 5.41) is 21.4. The smallest absolute Gasteiger partial charge is 0.306 e. The summed E-state index contributed by atoms with van der Waals surface area (Å²) in [7, 11) is 0. The van der Waals surface area contributed by atoms with Crippen molar-refractivity contribution >= 4 is 34.9 Å². The van der Waals surface area contributed by atoms with Crippen LogP contribution in [0.5, 0.6) is 0 Å². The second-order valence-corrected chi connectivity index (χ2v) is 5.86. The number of nitrogen functional groups attached to an aromatic ring is 1. The number of nitrogens with one attached hydrogen (secondary N) is 1. The zero-order valence-corrected chi connectivity index (χ0v) is 13.6. The van der Waals surface area contributed by atoms with E-state index in [1.165, 1.54) is 11.1 Å². The number of carbonyl (C=O) groups is 2. The van der Waals surface area contributed by atoms with E-state index in [1.54, 1.807) is 18.2 Å². The molecule has 8 heteroatoms. The Bertz CT molecular complexity index is 719. The molecule has 1 aliphatic rings. The zero-order valence-electron chi connectivity index (χ0n) is 12.8. The number of likely N-dealkylation sites (tertiary alicyclic amines) is 1. The molecule has 1 amide bonds. The van der Waals surface area contributed by atoms with Crippen LogP contribution in [-0.4, -0.2) is 35.0 Å². The van der Waals surface area contributed by atoms with Crippen molar-refractivity contribution in [2.75, 3.05) is 24.1 Å². The lowest BCUT2D eigenvalue weighted by molar-refractivity contribution is -0.145. The molecule has 1 fully saturated rings. The number of rotatable bonds is 4. The molecule has 1 aromatic rings. The van der Waals surface area contributed by atoms with Crippen molar-refractivity contribution in [1.29, 1.82) is 5.26 Å². The number of halogens is 1. The van der Waals surface area contributed by atoms with Gasteiger partial charge in [-0.1, -0.05) is 11.6 Å². The molecule has 1 heterocycles. The minimum Gasteiger partial charge on any atom is -0.481 e. The molecule has 1 aliphatic heterocycles. The summed E-state index contributed by atoms with van der Waals surface area (Å²) in [6, 6.07) is 6.74. The molecule has 4 N–H and O–H groups in total. The molecule has 1 saturated heterocycles. The van der Waals surface area contributed by atoms with Crippen molar-refractivity contribution in [3.8, 4) is 6.07 Å². The van der Waals surface area contributed by atoms with Crippen LogP contribution in [0.3, 0.4) is 0 Å². The molecule has 126 valence electrons. The number of amides is 1. The topological polar surface area (TPSA) is 119 Å². The number of carboxylic acid groups (broad SMARTS) is 1. The fraction of sp³-hybridized carbons (Fsp3) is 0.312. The van der Waals surface area contributed by atoms with Gasteiger partial charge in [-0.2, -0.15) is 5.26 Å². The van der Waals surface area contributed by atoms with Crippen LogP contribution in [-0.2, 0) is 9.59 Å². The number of nitrogens with zero attached hydrogens (tertiary/aromatic N) is 2. The molecule has 0 unspecified atom stereocenters. The van der Waals surface area contributed by atoms with E-state index >= 15 is 0 Å². The number of nitrogens with two attached hydrogens (primary N) is 1. The highest BCUT2D eigenvalue weighted by molar-refractivity contribution is 6.33. The SMILES string of the molecule is N#C/C(=C/Nc1ccc(N)c(Cl)c1)C(=O)N1CCC(C(=O)O)CC1. The second-order valence-electron chi connectivity index (χ2n) is 5.46. The first kappa shape index (κ1) is 17.6. The van der Waals surface area contributed by atoms with Gasteiger partial charge in [-0.3, -0.25) is 9.59 Å². The first-order valence-corrected chi connectivity index (χ1v) is 7.74. The molecule has 24 heavy (non-hydrogen) atoms. The van der Waals surface area contributed by atoms with E-state index in [9.17, 15) is 14.9 Å². The molecule has 0 bridgehead atoms. The quantitative estimate of drug-likeness (QED) is 0.435. The Labute approximate surface area is 144 Å². The predicted octanol–water partition coefficient (Wildman–Crippen LogP) is 2.06. The molecular weight excluding hydrogens is 332 g/mol. The van der Waals surface area contributed by atoms with Crippen LogP contribution < -0.4 is 11.1 Å². The van der Waals surface area contributed by atoms with Gasteiger partial charge >= 0.3 is 5.97 Å². The Morgan fingerprint density at radius 3 is 2.62 bits per heavy atom. The van der Waals surface area contributed by atoms with Gasteiger partial charge in [-0.25, -0.2) is 0 Å². The first-order valence-electron chi connectivity index (χ1n) is 7.36. The third-order valence-electron chi connectivity index (χ3n) is 3.87. The Hall–Kier alpha value is -2.72. The summed E-state index contributed by atoms with van der Waals surface area (Å²) in [5.41, 5.74) is 6.59. The highest BCUT2D eigenvalue weighted by Gasteiger charge is 2.28. The number of hydrogen-bond donors (Lipinski definition) is 3. The number of anilines is 2. The lowest BCUT2D eigenvalue weighted by Gasteiger charge is -2.29. The van der Waals surface area contributed by atoms with Gasteiger partial charge in [0.2, 0.25) is 0 Å². The van der Waals surface area contributed by atoms with E-state index in [2.05, 4.69) is 5.32 Å². The van der Waals surface area contributed by atoms with Gasteiger partial charge in [0.1, 0.15) is 11.6 Å². The summed E-state index contributed by atoms with van der Waals surface area (Å²) in [5.74, 6) is -1.70. The van der Waals surface area contributed by atoms with Crippen LogP contribution in [0.4, 0.5) is 11.4 Å². The summed E-state index contributed by atoms with van der Waals surface area (Å²) in [4.78, 5) is 24.8. The van der Waals surface area contributed by atoms with E-state index in [4.69, 9.17) is 22.4 Å². The monoisotopic (exact) mass is 348 g/mol. The molecule has 0 spiro atoms. The number of nitriles is 1. The van der Waals surface area contributed by atoms with Crippen LogP contribution >= 0.6 is 11.6 Å². The van der Waals surface area contributed by atoms with Crippen molar-refractivity contribution in [3.63, 3.8) is 0 Å². The van der Waals surface area contributed by atoms with E-state index in [0.717, 1.165) is 0 Å². The molecule has 0 saturated carbocycles. The zero-order chi connectivity index (χ0) is 17.7. The molecule has 1 aromatic carbocycles. The minimum atomic E-state index is -0.847. The largest absolute Gasteiger partial charge is 0.481 e. The van der Waals surface area contributed by atoms with Crippen LogP contribution in [0.15, 0.2) is 30.0 Å². The highest BCUT2D eigenvalue weighted by atomic mass is 35.5. The van der Waals surface area contributed by atoms with Crippen molar-refractivity contribution in [3.05, 3.63) is 35.0 Å². The van der Waals surface area contributed by atoms with Crippen molar-refractivity contribution in [2.24, 2.45) is 5.92 Å². The van der Waals surface area contributed by atoms with Crippen LogP contribution in [0.25, 0.3) is 0 Å². The van der Waals surface area contributed by atoms with Gasteiger partial charge < -0.3 is 21.1 Å². The Morgan fingerprint density at radius 1 is 1.42 bits per heavy atom. The van der Waals surface area contributed by atoms with Gasteiger partial charge in [0, 0.05) is 25.0 Å². The molecule has 7 nitrogen and oxygen atoms in total. The van der Waals surface area contributed by atoms with Crippen molar-refractivity contribution in [2.45, 2.75) is 12.8 Å². The number of benzene rings is 1. The number of aliphatic carboxylic acids is 1. The van der Waals surface area contributed by atoms with Gasteiger partial charge in [0.25, 0.3) is 5.91 Å². The fourth-order valence-corrected chi connectivity index (χ4v) is 2.59. The number of piperidine rings is 1. The van der Waals surface area contributed by atoms with E-state index < -0.39 is 17.8 Å². The van der Waals surface area contributed by atoms with Gasteiger partial charge in [-0.15, -0.1) is 0 Å². The molecule has 0 aromatic heterocycles. The average Bonchev–Trinajstić information content (AvgIpc) is 2.58. The van der Waals surface area contributed by atoms with E-state index in [0.29, 0.717) is 42.3 Å². The minimum absolute atomic E-state index is 0.0586. The maximum atomic E-state index is 12.3. The van der Waals surface area contributed by atoms with E-state index in [1.807, 2.05) is 6.07 Å². The molecule has 0 atom stereocenters. The Kier molecular flexibility index (Phi) is 5.66. The van der Waals surface area contributed by atoms with Gasteiger partial charge in [-0.05, 0) is 31.0 Å². The molecule has 0 aliphatic carbocycles. The van der Waals surface area contributed by atoms with Crippen molar-refractivity contribution in [1.82, 2.24) is 4.90 Å². The van der Waals surface area contributed by atoms with Crippen LogP contribution in [0, 0.1) is 17.2 Å². The highest BCUT2D eigenvalue weighted by Crippen LogP contribution is 2.23. The number of carboxylic acids is 1. The molecule has 0 radical (unpaired) electrons. The molecule has 2 rings (SSSR count). The maximum Gasteiger partial charge on any atom is 0.306 e. The predicted molar refractivity (Wildman–Crippen MR) is 90.1 cm³/mol. The number of hydrogen-bond acceptors (Lipinski definition) is 5. The average molecular weight is 349 g/mol. The van der Waals surface area contributed by atoms with E-state index in [-0.39, 0.29) is 5.57 Å². The Morgan fingerprint density at radius 2 is 2.08 bits per heavy atom. The third-order valence-corrected chi connectivity index (χ3v) is 4.19. The molecular formula is C16H17ClN4O3. The first-order chi connectivity index (χ1) is 11.4. The summed E-state index contributed by atoms with van der Waals surface area (Å²) in [6.45, 7) is 0.644.